The average Bonchev–Trinajstić information content (AvgIpc) is 2.35. The van der Waals surface area contributed by atoms with Crippen LogP contribution in [0.2, 0.25) is 0 Å². The van der Waals surface area contributed by atoms with Crippen LogP contribution in [0, 0.1) is 0 Å². The van der Waals surface area contributed by atoms with Gasteiger partial charge in [0.15, 0.2) is 0 Å². The molecule has 2 aliphatic rings. The lowest BCUT2D eigenvalue weighted by Crippen LogP contribution is -2.22. The number of hydrogen-bond acceptors (Lipinski definition) is 2. The maximum Gasteiger partial charge on any atom is 0.245 e. The Morgan fingerprint density at radius 2 is 2.30 bits per heavy atom. The van der Waals surface area contributed by atoms with Gasteiger partial charge in [-0.15, -0.1) is 0 Å². The zero-order valence-corrected chi connectivity index (χ0v) is 5.26. The van der Waals surface area contributed by atoms with Crippen LogP contribution in [-0.4, -0.2) is 23.3 Å². The summed E-state index contributed by atoms with van der Waals surface area (Å²) < 4.78 is 0. The van der Waals surface area contributed by atoms with Crippen molar-refractivity contribution in [3.8, 4) is 0 Å². The Morgan fingerprint density at radius 1 is 1.50 bits per heavy atom. The molecule has 2 heterocycles. The largest absolute Gasteiger partial charge is 0.311 e. The summed E-state index contributed by atoms with van der Waals surface area (Å²) in [4.78, 5) is 23.0. The van der Waals surface area contributed by atoms with Crippen LogP contribution in [0.4, 0.5) is 0 Å². The van der Waals surface area contributed by atoms with Crippen LogP contribution in [0.5, 0.6) is 0 Å². The summed E-state index contributed by atoms with van der Waals surface area (Å²) in [5, 5.41) is 2.57. The van der Waals surface area contributed by atoms with E-state index in [9.17, 15) is 9.59 Å². The van der Waals surface area contributed by atoms with Crippen molar-refractivity contribution in [2.45, 2.75) is 6.42 Å². The lowest BCUT2D eigenvalue weighted by molar-refractivity contribution is -0.129. The monoisotopic (exact) mass is 138 g/mol. The van der Waals surface area contributed by atoms with Crippen LogP contribution in [0.3, 0.4) is 0 Å². The minimum absolute atomic E-state index is 0.00773. The predicted molar refractivity (Wildman–Crippen MR) is 32.6 cm³/mol. The molecule has 10 heavy (non-hydrogen) atoms. The van der Waals surface area contributed by atoms with Gasteiger partial charge < -0.3 is 5.32 Å². The maximum absolute atomic E-state index is 10.9. The molecule has 0 aliphatic carbocycles. The second-order valence-corrected chi connectivity index (χ2v) is 2.32. The van der Waals surface area contributed by atoms with Gasteiger partial charge in [0.25, 0.3) is 0 Å². The molecule has 0 unspecified atom stereocenters. The number of nitrogens with zero attached hydrogens (tertiary/aromatic N) is 1. The van der Waals surface area contributed by atoms with Crippen LogP contribution in [0.1, 0.15) is 6.42 Å². The van der Waals surface area contributed by atoms with Gasteiger partial charge in [0, 0.05) is 6.42 Å². The van der Waals surface area contributed by atoms with E-state index in [2.05, 4.69) is 5.32 Å². The molecule has 0 bridgehead atoms. The standard InChI is InChI=1S/C6H6N2O2/c9-5-3-8-4(7-5)1-2-6(8)10/h1H,2-3H2,(H,7,9). The third kappa shape index (κ3) is 0.556. The highest BCUT2D eigenvalue weighted by atomic mass is 16.2. The van der Waals surface area contributed by atoms with Crippen LogP contribution in [0.25, 0.3) is 0 Å². The summed E-state index contributed by atoms with van der Waals surface area (Å²) in [6.45, 7) is 0.199. The van der Waals surface area contributed by atoms with E-state index >= 15 is 0 Å². The highest BCUT2D eigenvalue weighted by Gasteiger charge is 2.31. The normalized spacial score (nSPS) is 22.8. The van der Waals surface area contributed by atoms with Crippen LogP contribution < -0.4 is 5.32 Å². The summed E-state index contributed by atoms with van der Waals surface area (Å²) in [5.74, 6) is 0.572. The smallest absolute Gasteiger partial charge is 0.245 e. The van der Waals surface area contributed by atoms with E-state index in [1.807, 2.05) is 0 Å². The fourth-order valence-corrected chi connectivity index (χ4v) is 1.16. The van der Waals surface area contributed by atoms with E-state index in [4.69, 9.17) is 0 Å². The average molecular weight is 138 g/mol. The zero-order valence-electron chi connectivity index (χ0n) is 5.26. The Bertz CT molecular complexity index is 244. The summed E-state index contributed by atoms with van der Waals surface area (Å²) >= 11 is 0. The molecule has 1 N–H and O–H groups in total. The van der Waals surface area contributed by atoms with Crippen molar-refractivity contribution < 1.29 is 9.59 Å². The third-order valence-corrected chi connectivity index (χ3v) is 1.63. The molecule has 2 aliphatic heterocycles. The number of hydrogen-bond donors (Lipinski definition) is 1. The Kier molecular flexibility index (Phi) is 0.869. The quantitative estimate of drug-likeness (QED) is 0.476. The molecule has 4 nitrogen and oxygen atoms in total. The molecular weight excluding hydrogens is 132 g/mol. The van der Waals surface area contributed by atoms with Crippen molar-refractivity contribution in [3.63, 3.8) is 0 Å². The Balaban J connectivity index is 2.31. The first kappa shape index (κ1) is 5.46. The van der Waals surface area contributed by atoms with E-state index in [0.29, 0.717) is 12.2 Å². The molecule has 2 rings (SSSR count). The first-order valence-electron chi connectivity index (χ1n) is 3.08. The van der Waals surface area contributed by atoms with Gasteiger partial charge in [-0.25, -0.2) is 0 Å². The van der Waals surface area contributed by atoms with Gasteiger partial charge >= 0.3 is 0 Å². The molecule has 0 atom stereocenters. The van der Waals surface area contributed by atoms with E-state index < -0.39 is 0 Å². The molecule has 0 radical (unpaired) electrons. The number of carbonyl (C=O) groups excluding carboxylic acids is 2. The van der Waals surface area contributed by atoms with Gasteiger partial charge in [-0.2, -0.15) is 0 Å². The van der Waals surface area contributed by atoms with Crippen molar-refractivity contribution in [1.29, 1.82) is 0 Å². The van der Waals surface area contributed by atoms with Crippen molar-refractivity contribution in [3.05, 3.63) is 11.9 Å². The molecule has 0 aromatic heterocycles. The molecule has 0 saturated carbocycles. The molecule has 4 heteroatoms. The predicted octanol–water partition coefficient (Wildman–Crippen LogP) is -0.810. The van der Waals surface area contributed by atoms with Gasteiger partial charge in [0.1, 0.15) is 12.4 Å². The SMILES string of the molecule is O=C1CN2C(=O)CC=C2N1. The number of nitrogens with one attached hydrogen (secondary N) is 1. The first-order chi connectivity index (χ1) is 4.77. The highest BCUT2D eigenvalue weighted by Crippen LogP contribution is 2.17. The van der Waals surface area contributed by atoms with E-state index in [1.54, 1.807) is 6.08 Å². The van der Waals surface area contributed by atoms with Gasteiger partial charge in [0.05, 0.1) is 0 Å². The zero-order chi connectivity index (χ0) is 7.14. The maximum atomic E-state index is 10.9. The van der Waals surface area contributed by atoms with Gasteiger partial charge in [-0.3, -0.25) is 14.5 Å². The summed E-state index contributed by atoms with van der Waals surface area (Å²) in [7, 11) is 0. The molecule has 0 aromatic carbocycles. The van der Waals surface area contributed by atoms with Gasteiger partial charge in [-0.05, 0) is 6.08 Å². The lowest BCUT2D eigenvalue weighted by atomic mass is 10.4. The number of carbonyl (C=O) groups is 2. The summed E-state index contributed by atoms with van der Waals surface area (Å²) in [5.41, 5.74) is 0. The van der Waals surface area contributed by atoms with Crippen molar-refractivity contribution in [2.24, 2.45) is 0 Å². The van der Waals surface area contributed by atoms with E-state index in [-0.39, 0.29) is 18.4 Å². The Morgan fingerprint density at radius 3 is 3.00 bits per heavy atom. The molecule has 1 saturated heterocycles. The Hall–Kier alpha value is -1.32. The summed E-state index contributed by atoms with van der Waals surface area (Å²) in [6, 6.07) is 0. The molecule has 0 spiro atoms. The highest BCUT2D eigenvalue weighted by molar-refractivity contribution is 5.93. The minimum atomic E-state index is -0.0979. The number of amides is 2. The van der Waals surface area contributed by atoms with E-state index in [1.165, 1.54) is 4.90 Å². The van der Waals surface area contributed by atoms with Crippen LogP contribution >= 0.6 is 0 Å². The van der Waals surface area contributed by atoms with Crippen LogP contribution in [0.15, 0.2) is 11.9 Å². The second kappa shape index (κ2) is 1.59. The molecule has 0 aromatic rings. The Labute approximate surface area is 57.5 Å². The third-order valence-electron chi connectivity index (χ3n) is 1.63. The molecule has 52 valence electrons. The van der Waals surface area contributed by atoms with Crippen molar-refractivity contribution >= 4 is 11.8 Å². The number of fused-ring (bicyclic) bond motifs is 1. The lowest BCUT2D eigenvalue weighted by Gasteiger charge is -2.05. The van der Waals surface area contributed by atoms with Crippen molar-refractivity contribution in [1.82, 2.24) is 10.2 Å². The summed E-state index contributed by atoms with van der Waals surface area (Å²) in [6.07, 6.45) is 2.16. The number of rotatable bonds is 0. The van der Waals surface area contributed by atoms with Crippen molar-refractivity contribution in [2.75, 3.05) is 6.54 Å². The fourth-order valence-electron chi connectivity index (χ4n) is 1.16. The van der Waals surface area contributed by atoms with Gasteiger partial charge in [-0.1, -0.05) is 0 Å². The van der Waals surface area contributed by atoms with E-state index in [0.717, 1.165) is 0 Å². The first-order valence-corrected chi connectivity index (χ1v) is 3.08. The molecule has 1 fully saturated rings. The topological polar surface area (TPSA) is 49.4 Å². The molecule has 2 amide bonds. The second-order valence-electron chi connectivity index (χ2n) is 2.32. The minimum Gasteiger partial charge on any atom is -0.311 e. The molecular formula is C6H6N2O2. The van der Waals surface area contributed by atoms with Crippen LogP contribution in [-0.2, 0) is 9.59 Å². The van der Waals surface area contributed by atoms with Gasteiger partial charge in [0.2, 0.25) is 11.8 Å². The fraction of sp³-hybridized carbons (Fsp3) is 0.333.